The van der Waals surface area contributed by atoms with E-state index in [0.717, 1.165) is 0 Å². The number of nitrogens with one attached hydrogen (secondary N) is 1. The van der Waals surface area contributed by atoms with E-state index in [2.05, 4.69) is 5.32 Å². The first-order chi connectivity index (χ1) is 11.8. The number of ether oxygens (including phenoxy) is 2. The van der Waals surface area contributed by atoms with Gasteiger partial charge in [-0.3, -0.25) is 14.9 Å². The van der Waals surface area contributed by atoms with E-state index in [0.29, 0.717) is 21.5 Å². The monoisotopic (exact) mass is 384 g/mol. The molecule has 25 heavy (non-hydrogen) atoms. The molecule has 2 rings (SSSR count). The molecule has 7 nitrogen and oxygen atoms in total. The number of carbonyl (C=O) groups is 1. The summed E-state index contributed by atoms with van der Waals surface area (Å²) in [6, 6.07) is 8.70. The largest absolute Gasteiger partial charge is 0.496 e. The lowest BCUT2D eigenvalue weighted by Crippen LogP contribution is -2.30. The van der Waals surface area contributed by atoms with Gasteiger partial charge in [0.1, 0.15) is 5.75 Å². The van der Waals surface area contributed by atoms with Crippen LogP contribution in [0.15, 0.2) is 36.4 Å². The van der Waals surface area contributed by atoms with Crippen LogP contribution >= 0.6 is 23.2 Å². The highest BCUT2D eigenvalue weighted by Crippen LogP contribution is 2.32. The molecule has 1 atom stereocenters. The molecule has 0 aliphatic heterocycles. The third kappa shape index (κ3) is 4.74. The van der Waals surface area contributed by atoms with E-state index >= 15 is 0 Å². The molecule has 0 heterocycles. The van der Waals surface area contributed by atoms with Crippen LogP contribution in [0, 0.1) is 10.1 Å². The van der Waals surface area contributed by atoms with Crippen molar-refractivity contribution in [3.05, 3.63) is 56.6 Å². The van der Waals surface area contributed by atoms with Crippen LogP contribution in [0.3, 0.4) is 0 Å². The Labute approximate surface area is 153 Å². The minimum atomic E-state index is -1.01. The van der Waals surface area contributed by atoms with Crippen LogP contribution < -0.4 is 14.8 Å². The molecule has 0 saturated carbocycles. The summed E-state index contributed by atoms with van der Waals surface area (Å²) < 4.78 is 10.4. The van der Waals surface area contributed by atoms with Gasteiger partial charge in [0.2, 0.25) is 0 Å². The van der Waals surface area contributed by atoms with Gasteiger partial charge in [0.05, 0.1) is 28.8 Å². The molecule has 0 aromatic heterocycles. The van der Waals surface area contributed by atoms with Crippen molar-refractivity contribution in [1.82, 2.24) is 0 Å². The van der Waals surface area contributed by atoms with E-state index in [1.165, 1.54) is 38.3 Å². The number of hydrogen-bond donors (Lipinski definition) is 1. The van der Waals surface area contributed by atoms with Crippen molar-refractivity contribution in [2.24, 2.45) is 0 Å². The molecule has 2 aromatic rings. The van der Waals surface area contributed by atoms with Gasteiger partial charge in [0.15, 0.2) is 11.9 Å². The molecular formula is C16H14Cl2N2O5. The number of amides is 1. The molecule has 132 valence electrons. The maximum Gasteiger partial charge on any atom is 0.314 e. The van der Waals surface area contributed by atoms with Crippen LogP contribution in [-0.2, 0) is 4.79 Å². The maximum atomic E-state index is 12.3. The summed E-state index contributed by atoms with van der Waals surface area (Å²) in [5.41, 5.74) is 0.0126. The minimum absolute atomic E-state index is 0.0503. The van der Waals surface area contributed by atoms with Crippen LogP contribution in [0.2, 0.25) is 10.0 Å². The van der Waals surface area contributed by atoms with E-state index in [4.69, 9.17) is 32.7 Å². The topological polar surface area (TPSA) is 90.7 Å². The number of rotatable bonds is 6. The number of nitrogens with zero attached hydrogens (tertiary/aromatic N) is 1. The fraction of sp³-hybridized carbons (Fsp3) is 0.188. The SMILES string of the molecule is COc1ccc(O[C@@H](C)C(=O)Nc2cc(Cl)ccc2Cl)c([N+](=O)[O-])c1. The molecule has 0 fully saturated rings. The zero-order valence-electron chi connectivity index (χ0n) is 13.3. The van der Waals surface area contributed by atoms with Crippen molar-refractivity contribution in [3.63, 3.8) is 0 Å². The van der Waals surface area contributed by atoms with Gasteiger partial charge in [-0.25, -0.2) is 0 Å². The molecule has 0 aliphatic rings. The van der Waals surface area contributed by atoms with Gasteiger partial charge in [-0.05, 0) is 37.3 Å². The normalized spacial score (nSPS) is 11.5. The van der Waals surface area contributed by atoms with Crippen LogP contribution in [0.4, 0.5) is 11.4 Å². The maximum absolute atomic E-state index is 12.3. The van der Waals surface area contributed by atoms with Gasteiger partial charge in [-0.15, -0.1) is 0 Å². The first-order valence-corrected chi connectivity index (χ1v) is 7.82. The van der Waals surface area contributed by atoms with Crippen LogP contribution in [0.5, 0.6) is 11.5 Å². The lowest BCUT2D eigenvalue weighted by Gasteiger charge is -2.15. The van der Waals surface area contributed by atoms with Crippen molar-refractivity contribution < 1.29 is 19.2 Å². The number of methoxy groups -OCH3 is 1. The van der Waals surface area contributed by atoms with Crippen molar-refractivity contribution >= 4 is 40.5 Å². The number of halogens is 2. The molecule has 1 N–H and O–H groups in total. The van der Waals surface area contributed by atoms with Gasteiger partial charge in [0.25, 0.3) is 5.91 Å². The molecule has 2 aromatic carbocycles. The molecular weight excluding hydrogens is 371 g/mol. The first kappa shape index (κ1) is 18.8. The summed E-state index contributed by atoms with van der Waals surface area (Å²) in [6.45, 7) is 1.46. The number of benzene rings is 2. The standard InChI is InChI=1S/C16H14Cl2N2O5/c1-9(16(21)19-13-7-10(17)3-5-12(13)18)25-15-6-4-11(24-2)8-14(15)20(22)23/h3-9H,1-2H3,(H,19,21)/t9-/m0/s1. The van der Waals surface area contributed by atoms with Gasteiger partial charge in [0, 0.05) is 5.02 Å². The van der Waals surface area contributed by atoms with Gasteiger partial charge in [-0.2, -0.15) is 0 Å². The quantitative estimate of drug-likeness (QED) is 0.591. The number of hydrogen-bond acceptors (Lipinski definition) is 5. The zero-order valence-corrected chi connectivity index (χ0v) is 14.8. The molecule has 9 heteroatoms. The van der Waals surface area contributed by atoms with Crippen molar-refractivity contribution in [1.29, 1.82) is 0 Å². The van der Waals surface area contributed by atoms with E-state index < -0.39 is 16.9 Å². The van der Waals surface area contributed by atoms with Crippen LogP contribution in [-0.4, -0.2) is 24.0 Å². The van der Waals surface area contributed by atoms with E-state index in [9.17, 15) is 14.9 Å². The predicted molar refractivity (Wildman–Crippen MR) is 94.8 cm³/mol. The Morgan fingerprint density at radius 2 is 1.96 bits per heavy atom. The second-order valence-corrected chi connectivity index (χ2v) is 5.81. The summed E-state index contributed by atoms with van der Waals surface area (Å²) >= 11 is 11.9. The third-order valence-electron chi connectivity index (χ3n) is 3.22. The first-order valence-electron chi connectivity index (χ1n) is 7.07. The Balaban J connectivity index is 2.16. The van der Waals surface area contributed by atoms with Gasteiger partial charge < -0.3 is 14.8 Å². The highest BCUT2D eigenvalue weighted by Gasteiger charge is 2.22. The fourth-order valence-electron chi connectivity index (χ4n) is 1.94. The minimum Gasteiger partial charge on any atom is -0.496 e. The molecule has 0 radical (unpaired) electrons. The summed E-state index contributed by atoms with van der Waals surface area (Å²) in [5.74, 6) is -0.276. The zero-order chi connectivity index (χ0) is 18.6. The average molecular weight is 385 g/mol. The van der Waals surface area contributed by atoms with E-state index in [1.54, 1.807) is 12.1 Å². The molecule has 0 spiro atoms. The van der Waals surface area contributed by atoms with Crippen LogP contribution in [0.25, 0.3) is 0 Å². The Morgan fingerprint density at radius 3 is 2.60 bits per heavy atom. The Hall–Kier alpha value is -2.51. The highest BCUT2D eigenvalue weighted by atomic mass is 35.5. The Morgan fingerprint density at radius 1 is 1.24 bits per heavy atom. The number of nitro groups is 1. The number of carbonyl (C=O) groups excluding carboxylic acids is 1. The lowest BCUT2D eigenvalue weighted by molar-refractivity contribution is -0.386. The molecule has 0 unspecified atom stereocenters. The van der Waals surface area contributed by atoms with Crippen molar-refractivity contribution in [2.45, 2.75) is 13.0 Å². The smallest absolute Gasteiger partial charge is 0.314 e. The van der Waals surface area contributed by atoms with Crippen molar-refractivity contribution in [3.8, 4) is 11.5 Å². The molecule has 0 aliphatic carbocycles. The summed E-state index contributed by atoms with van der Waals surface area (Å²) in [6.07, 6.45) is -1.01. The molecule has 1 amide bonds. The Bertz CT molecular complexity index is 813. The predicted octanol–water partition coefficient (Wildman–Crippen LogP) is 4.32. The third-order valence-corrected chi connectivity index (χ3v) is 3.79. The summed E-state index contributed by atoms with van der Waals surface area (Å²) in [5, 5.41) is 14.4. The number of nitro benzene ring substituents is 1. The van der Waals surface area contributed by atoms with E-state index in [-0.39, 0.29) is 11.4 Å². The van der Waals surface area contributed by atoms with Crippen LogP contribution in [0.1, 0.15) is 6.92 Å². The highest BCUT2D eigenvalue weighted by molar-refractivity contribution is 6.35. The lowest BCUT2D eigenvalue weighted by atomic mass is 10.2. The van der Waals surface area contributed by atoms with Gasteiger partial charge >= 0.3 is 5.69 Å². The second-order valence-electron chi connectivity index (χ2n) is 4.96. The second kappa shape index (κ2) is 8.04. The Kier molecular flexibility index (Phi) is 6.06. The van der Waals surface area contributed by atoms with Crippen molar-refractivity contribution in [2.75, 3.05) is 12.4 Å². The molecule has 0 bridgehead atoms. The van der Waals surface area contributed by atoms with E-state index in [1.807, 2.05) is 0 Å². The summed E-state index contributed by atoms with van der Waals surface area (Å²) in [4.78, 5) is 22.8. The fourth-order valence-corrected chi connectivity index (χ4v) is 2.28. The van der Waals surface area contributed by atoms with Gasteiger partial charge in [-0.1, -0.05) is 23.2 Å². The number of anilines is 1. The summed E-state index contributed by atoms with van der Waals surface area (Å²) in [7, 11) is 1.39. The molecule has 0 saturated heterocycles. The average Bonchev–Trinajstić information content (AvgIpc) is 2.58.